The summed E-state index contributed by atoms with van der Waals surface area (Å²) < 4.78 is 0.789. The molecular formula is C19H20BrN3S. The molecule has 1 aliphatic rings. The summed E-state index contributed by atoms with van der Waals surface area (Å²) in [6.45, 7) is 8.98. The van der Waals surface area contributed by atoms with E-state index in [1.807, 2.05) is 0 Å². The summed E-state index contributed by atoms with van der Waals surface area (Å²) in [6.07, 6.45) is 2.64. The van der Waals surface area contributed by atoms with Crippen LogP contribution in [0.3, 0.4) is 0 Å². The maximum Gasteiger partial charge on any atom is 0.183 e. The Morgan fingerprint density at radius 3 is 2.46 bits per heavy atom. The largest absolute Gasteiger partial charge is 0.245 e. The zero-order chi connectivity index (χ0) is 17.1. The Morgan fingerprint density at radius 1 is 1.12 bits per heavy atom. The summed E-state index contributed by atoms with van der Waals surface area (Å²) in [4.78, 5) is 4.99. The third-order valence-corrected chi connectivity index (χ3v) is 6.00. The average Bonchev–Trinajstić information content (AvgIpc) is 3.27. The van der Waals surface area contributed by atoms with Crippen LogP contribution in [0.1, 0.15) is 56.2 Å². The summed E-state index contributed by atoms with van der Waals surface area (Å²) >= 11 is 4.91. The van der Waals surface area contributed by atoms with Crippen molar-refractivity contribution in [1.29, 1.82) is 0 Å². The van der Waals surface area contributed by atoms with Gasteiger partial charge in [-0.15, -0.1) is 10.2 Å². The molecule has 1 aliphatic carbocycles. The molecule has 0 aliphatic heterocycles. The molecule has 0 radical (unpaired) electrons. The fraction of sp³-hybridized carbons (Fsp3) is 0.421. The summed E-state index contributed by atoms with van der Waals surface area (Å²) in [6, 6.07) is 6.87. The number of hydrogen-bond acceptors (Lipinski definition) is 4. The quantitative estimate of drug-likeness (QED) is 0.528. The highest BCUT2D eigenvalue weighted by molar-refractivity contribution is 9.11. The highest BCUT2D eigenvalue weighted by atomic mass is 79.9. The minimum Gasteiger partial charge on any atom is -0.245 e. The van der Waals surface area contributed by atoms with E-state index in [0.717, 1.165) is 26.1 Å². The van der Waals surface area contributed by atoms with Crippen LogP contribution >= 0.6 is 27.3 Å². The molecule has 4 rings (SSSR count). The Kier molecular flexibility index (Phi) is 3.77. The molecule has 2 heterocycles. The maximum absolute atomic E-state index is 4.99. The molecule has 1 aromatic carbocycles. The van der Waals surface area contributed by atoms with Crippen LogP contribution in [-0.2, 0) is 5.41 Å². The second-order valence-corrected chi connectivity index (χ2v) is 9.93. The molecule has 0 atom stereocenters. The molecule has 0 saturated heterocycles. The fourth-order valence-corrected chi connectivity index (χ4v) is 4.23. The zero-order valence-electron chi connectivity index (χ0n) is 14.4. The van der Waals surface area contributed by atoms with Gasteiger partial charge in [-0.1, -0.05) is 38.2 Å². The van der Waals surface area contributed by atoms with Gasteiger partial charge in [0.25, 0.3) is 0 Å². The highest BCUT2D eigenvalue weighted by Crippen LogP contribution is 2.44. The van der Waals surface area contributed by atoms with Crippen LogP contribution in [0, 0.1) is 6.92 Å². The van der Waals surface area contributed by atoms with Gasteiger partial charge in [0.15, 0.2) is 8.92 Å². The van der Waals surface area contributed by atoms with Gasteiger partial charge in [0.05, 0.1) is 5.52 Å². The van der Waals surface area contributed by atoms with Crippen LogP contribution in [0.4, 0.5) is 0 Å². The predicted molar refractivity (Wildman–Crippen MR) is 104 cm³/mol. The zero-order valence-corrected chi connectivity index (χ0v) is 16.8. The number of benzene rings is 1. The van der Waals surface area contributed by atoms with E-state index >= 15 is 0 Å². The average molecular weight is 402 g/mol. The molecule has 2 aromatic heterocycles. The number of aryl methyl sites for hydroxylation is 1. The predicted octanol–water partition coefficient (Wildman–Crippen LogP) is 6.00. The second-order valence-electron chi connectivity index (χ2n) is 7.67. The number of pyridine rings is 1. The lowest BCUT2D eigenvalue weighted by Gasteiger charge is -2.23. The summed E-state index contributed by atoms with van der Waals surface area (Å²) in [5, 5.41) is 10.4. The van der Waals surface area contributed by atoms with Crippen molar-refractivity contribution in [2.24, 2.45) is 0 Å². The van der Waals surface area contributed by atoms with Gasteiger partial charge in [0, 0.05) is 5.39 Å². The van der Waals surface area contributed by atoms with Crippen LogP contribution in [0.15, 0.2) is 22.1 Å². The second kappa shape index (κ2) is 5.60. The van der Waals surface area contributed by atoms with Gasteiger partial charge in [-0.2, -0.15) is 0 Å². The highest BCUT2D eigenvalue weighted by Gasteiger charge is 2.27. The van der Waals surface area contributed by atoms with Crippen LogP contribution < -0.4 is 0 Å². The van der Waals surface area contributed by atoms with E-state index in [1.165, 1.54) is 46.3 Å². The smallest absolute Gasteiger partial charge is 0.183 e. The first-order chi connectivity index (χ1) is 11.3. The number of hydrogen-bond donors (Lipinski definition) is 0. The molecule has 124 valence electrons. The topological polar surface area (TPSA) is 38.7 Å². The summed E-state index contributed by atoms with van der Waals surface area (Å²) in [5.74, 6) is 0.744. The van der Waals surface area contributed by atoms with E-state index < -0.39 is 0 Å². The Hall–Kier alpha value is -1.33. The third kappa shape index (κ3) is 2.88. The number of aromatic nitrogens is 3. The molecule has 0 amide bonds. The van der Waals surface area contributed by atoms with Gasteiger partial charge in [0.1, 0.15) is 5.69 Å². The Morgan fingerprint density at radius 2 is 1.88 bits per heavy atom. The molecule has 1 saturated carbocycles. The van der Waals surface area contributed by atoms with Gasteiger partial charge in [-0.05, 0) is 75.9 Å². The molecule has 3 nitrogen and oxygen atoms in total. The fourth-order valence-electron chi connectivity index (χ4n) is 3.16. The van der Waals surface area contributed by atoms with E-state index in [0.29, 0.717) is 0 Å². The van der Waals surface area contributed by atoms with Crippen LogP contribution in [0.5, 0.6) is 0 Å². The number of fused-ring (bicyclic) bond motifs is 1. The van der Waals surface area contributed by atoms with E-state index in [2.05, 4.69) is 72.0 Å². The van der Waals surface area contributed by atoms with Crippen molar-refractivity contribution in [2.45, 2.75) is 51.9 Å². The minimum atomic E-state index is 0.0585. The number of halogens is 1. The van der Waals surface area contributed by atoms with E-state index in [9.17, 15) is 0 Å². The van der Waals surface area contributed by atoms with Crippen molar-refractivity contribution in [2.75, 3.05) is 0 Å². The standard InChI is InChI=1S/C19H20BrN3S/c1-10-7-15(17-22-23-18(20)24-17)21-16-13(10)8-12(11-5-6-11)9-14(16)19(2,3)4/h7-9,11H,5-6H2,1-4H3. The lowest BCUT2D eigenvalue weighted by molar-refractivity contribution is 0.594. The Balaban J connectivity index is 2.00. The molecule has 24 heavy (non-hydrogen) atoms. The van der Waals surface area contributed by atoms with Gasteiger partial charge >= 0.3 is 0 Å². The normalized spacial score (nSPS) is 15.2. The lowest BCUT2D eigenvalue weighted by atomic mass is 9.83. The molecule has 3 aromatic rings. The first-order valence-corrected chi connectivity index (χ1v) is 9.89. The Labute approximate surface area is 154 Å². The van der Waals surface area contributed by atoms with E-state index in [1.54, 1.807) is 0 Å². The van der Waals surface area contributed by atoms with Crippen molar-refractivity contribution >= 4 is 38.2 Å². The van der Waals surface area contributed by atoms with Gasteiger partial charge in [-0.3, -0.25) is 0 Å². The third-order valence-electron chi connectivity index (χ3n) is 4.62. The van der Waals surface area contributed by atoms with Crippen LogP contribution in [0.2, 0.25) is 0 Å². The van der Waals surface area contributed by atoms with E-state index in [-0.39, 0.29) is 5.41 Å². The van der Waals surface area contributed by atoms with Gasteiger partial charge in [-0.25, -0.2) is 4.98 Å². The first kappa shape index (κ1) is 16.2. The number of rotatable bonds is 2. The van der Waals surface area contributed by atoms with Crippen molar-refractivity contribution < 1.29 is 0 Å². The van der Waals surface area contributed by atoms with Crippen molar-refractivity contribution in [3.63, 3.8) is 0 Å². The Bertz CT molecular complexity index is 936. The molecular weight excluding hydrogens is 382 g/mol. The van der Waals surface area contributed by atoms with Crippen molar-refractivity contribution in [3.05, 3.63) is 38.8 Å². The molecule has 0 unspecified atom stereocenters. The molecule has 0 spiro atoms. The summed E-state index contributed by atoms with van der Waals surface area (Å²) in [7, 11) is 0. The maximum atomic E-state index is 4.99. The van der Waals surface area contributed by atoms with Gasteiger partial charge < -0.3 is 0 Å². The summed E-state index contributed by atoms with van der Waals surface area (Å²) in [5.41, 5.74) is 6.14. The molecule has 5 heteroatoms. The van der Waals surface area contributed by atoms with Crippen LogP contribution in [-0.4, -0.2) is 15.2 Å². The number of nitrogens with zero attached hydrogens (tertiary/aromatic N) is 3. The van der Waals surface area contributed by atoms with E-state index in [4.69, 9.17) is 4.98 Å². The molecule has 0 N–H and O–H groups in total. The monoisotopic (exact) mass is 401 g/mol. The van der Waals surface area contributed by atoms with Crippen molar-refractivity contribution in [3.8, 4) is 10.7 Å². The lowest BCUT2D eigenvalue weighted by Crippen LogP contribution is -2.13. The first-order valence-electron chi connectivity index (χ1n) is 8.28. The molecule has 1 fully saturated rings. The van der Waals surface area contributed by atoms with Crippen molar-refractivity contribution in [1.82, 2.24) is 15.2 Å². The SMILES string of the molecule is Cc1cc(-c2nnc(Br)s2)nc2c(C(C)(C)C)cc(C3CC3)cc12. The minimum absolute atomic E-state index is 0.0585. The molecule has 0 bridgehead atoms. The van der Waals surface area contributed by atoms with Gasteiger partial charge in [0.2, 0.25) is 0 Å². The van der Waals surface area contributed by atoms with Crippen LogP contribution in [0.25, 0.3) is 21.6 Å².